The third kappa shape index (κ3) is 5.15. The molecule has 1 aromatic carbocycles. The number of methoxy groups -OCH3 is 2. The van der Waals surface area contributed by atoms with Gasteiger partial charge in [0.05, 0.1) is 30.8 Å². The third-order valence-electron chi connectivity index (χ3n) is 3.83. The Hall–Kier alpha value is -1.68. The molecule has 0 spiro atoms. The van der Waals surface area contributed by atoms with E-state index in [2.05, 4.69) is 4.72 Å². The van der Waals surface area contributed by atoms with E-state index in [-0.39, 0.29) is 22.9 Å². The van der Waals surface area contributed by atoms with Crippen LogP contribution in [0.5, 0.6) is 5.75 Å². The minimum Gasteiger partial charge on any atom is -0.496 e. The van der Waals surface area contributed by atoms with E-state index < -0.39 is 10.0 Å². The molecule has 1 N–H and O–H groups in total. The van der Waals surface area contributed by atoms with Gasteiger partial charge >= 0.3 is 0 Å². The first-order chi connectivity index (χ1) is 12.0. The Morgan fingerprint density at radius 3 is 2.64 bits per heavy atom. The zero-order chi connectivity index (χ0) is 18.3. The van der Waals surface area contributed by atoms with Gasteiger partial charge in [-0.1, -0.05) is 0 Å². The van der Waals surface area contributed by atoms with Crippen LogP contribution in [0.4, 0.5) is 0 Å². The summed E-state index contributed by atoms with van der Waals surface area (Å²) in [5.41, 5.74) is 0.226. The lowest BCUT2D eigenvalue weighted by atomic mass is 10.1. The first-order valence-electron chi connectivity index (χ1n) is 8.03. The molecule has 1 aliphatic heterocycles. The van der Waals surface area contributed by atoms with Gasteiger partial charge in [0.1, 0.15) is 5.75 Å². The van der Waals surface area contributed by atoms with E-state index in [9.17, 15) is 13.2 Å². The smallest absolute Gasteiger partial charge is 0.257 e. The summed E-state index contributed by atoms with van der Waals surface area (Å²) in [6.07, 6.45) is 0.561. The number of nitrogens with one attached hydrogen (secondary N) is 1. The van der Waals surface area contributed by atoms with Gasteiger partial charge in [-0.2, -0.15) is 0 Å². The molecule has 25 heavy (non-hydrogen) atoms. The summed E-state index contributed by atoms with van der Waals surface area (Å²) in [7, 11) is -0.705. The average molecular weight is 372 g/mol. The van der Waals surface area contributed by atoms with Crippen molar-refractivity contribution in [3.8, 4) is 5.75 Å². The van der Waals surface area contributed by atoms with Crippen molar-refractivity contribution in [1.29, 1.82) is 0 Å². The highest BCUT2D eigenvalue weighted by Gasteiger charge is 2.24. The van der Waals surface area contributed by atoms with Crippen LogP contribution in [-0.4, -0.2) is 72.9 Å². The highest BCUT2D eigenvalue weighted by Crippen LogP contribution is 2.24. The summed E-state index contributed by atoms with van der Waals surface area (Å²) >= 11 is 0. The maximum absolute atomic E-state index is 12.7. The van der Waals surface area contributed by atoms with Gasteiger partial charge in [-0.15, -0.1) is 0 Å². The lowest BCUT2D eigenvalue weighted by molar-refractivity contribution is 0.0300. The van der Waals surface area contributed by atoms with Crippen LogP contribution in [0.25, 0.3) is 0 Å². The summed E-state index contributed by atoms with van der Waals surface area (Å²) < 4.78 is 42.7. The number of morpholine rings is 1. The lowest BCUT2D eigenvalue weighted by Crippen LogP contribution is -2.40. The fourth-order valence-corrected chi connectivity index (χ4v) is 3.56. The van der Waals surface area contributed by atoms with Gasteiger partial charge in [0.25, 0.3) is 5.91 Å². The molecular formula is C16H24N2O6S. The molecule has 0 radical (unpaired) electrons. The largest absolute Gasteiger partial charge is 0.496 e. The molecule has 2 rings (SSSR count). The van der Waals surface area contributed by atoms with Gasteiger partial charge < -0.3 is 19.1 Å². The van der Waals surface area contributed by atoms with E-state index in [0.29, 0.717) is 45.1 Å². The normalized spacial score (nSPS) is 15.2. The fourth-order valence-electron chi connectivity index (χ4n) is 2.46. The quantitative estimate of drug-likeness (QED) is 0.667. The van der Waals surface area contributed by atoms with E-state index in [4.69, 9.17) is 14.2 Å². The number of carbonyl (C=O) groups excluding carboxylic acids is 1. The highest BCUT2D eigenvalue weighted by molar-refractivity contribution is 7.89. The van der Waals surface area contributed by atoms with Crippen molar-refractivity contribution in [3.05, 3.63) is 23.8 Å². The maximum Gasteiger partial charge on any atom is 0.257 e. The van der Waals surface area contributed by atoms with Crippen LogP contribution in [-0.2, 0) is 19.5 Å². The van der Waals surface area contributed by atoms with Crippen LogP contribution in [0.2, 0.25) is 0 Å². The molecule has 9 heteroatoms. The highest BCUT2D eigenvalue weighted by atomic mass is 32.2. The average Bonchev–Trinajstić information content (AvgIpc) is 2.65. The Balaban J connectivity index is 2.22. The molecule has 8 nitrogen and oxygen atoms in total. The van der Waals surface area contributed by atoms with Crippen molar-refractivity contribution in [1.82, 2.24) is 9.62 Å². The Labute approximate surface area is 148 Å². The van der Waals surface area contributed by atoms with Crippen molar-refractivity contribution in [2.45, 2.75) is 11.3 Å². The molecular weight excluding hydrogens is 348 g/mol. The summed E-state index contributed by atoms with van der Waals surface area (Å²) in [5, 5.41) is 0. The first kappa shape index (κ1) is 19.6. The number of ether oxygens (including phenoxy) is 3. The van der Waals surface area contributed by atoms with Crippen molar-refractivity contribution in [3.63, 3.8) is 0 Å². The van der Waals surface area contributed by atoms with Gasteiger partial charge in [0, 0.05) is 33.4 Å². The molecule has 1 saturated heterocycles. The molecule has 0 bridgehead atoms. The van der Waals surface area contributed by atoms with Gasteiger partial charge in [0.2, 0.25) is 10.0 Å². The Kier molecular flexibility index (Phi) is 7.18. The molecule has 1 heterocycles. The topological polar surface area (TPSA) is 94.2 Å². The summed E-state index contributed by atoms with van der Waals surface area (Å²) in [4.78, 5) is 14.4. The summed E-state index contributed by atoms with van der Waals surface area (Å²) in [5.74, 6) is 0.0754. The van der Waals surface area contributed by atoms with Gasteiger partial charge in [-0.05, 0) is 24.6 Å². The number of hydrogen-bond acceptors (Lipinski definition) is 6. The van der Waals surface area contributed by atoms with E-state index in [1.165, 1.54) is 25.3 Å². The second-order valence-corrected chi connectivity index (χ2v) is 7.28. The molecule has 0 aliphatic carbocycles. The summed E-state index contributed by atoms with van der Waals surface area (Å²) in [6.45, 7) is 2.59. The number of nitrogens with zero attached hydrogens (tertiary/aromatic N) is 1. The number of amides is 1. The fraction of sp³-hybridized carbons (Fsp3) is 0.562. The Morgan fingerprint density at radius 2 is 2.00 bits per heavy atom. The van der Waals surface area contributed by atoms with Crippen LogP contribution in [0.3, 0.4) is 0 Å². The number of benzene rings is 1. The predicted molar refractivity (Wildman–Crippen MR) is 91.4 cm³/mol. The molecule has 0 saturated carbocycles. The molecule has 140 valence electrons. The van der Waals surface area contributed by atoms with Crippen molar-refractivity contribution < 1.29 is 27.4 Å². The van der Waals surface area contributed by atoms with Crippen LogP contribution < -0.4 is 9.46 Å². The molecule has 1 amide bonds. The molecule has 0 atom stereocenters. The SMILES string of the molecule is COCCCNS(=O)(=O)c1ccc(OC)c(C(=O)N2CCOCC2)c1. The van der Waals surface area contributed by atoms with E-state index >= 15 is 0 Å². The standard InChI is InChI=1S/C16H24N2O6S/c1-22-9-3-6-17-25(20,21)13-4-5-15(23-2)14(12-13)16(19)18-7-10-24-11-8-18/h4-5,12,17H,3,6-11H2,1-2H3. The number of hydrogen-bond donors (Lipinski definition) is 1. The number of rotatable bonds is 8. The van der Waals surface area contributed by atoms with Gasteiger partial charge in [0.15, 0.2) is 0 Å². The second-order valence-electron chi connectivity index (χ2n) is 5.51. The molecule has 0 unspecified atom stereocenters. The van der Waals surface area contributed by atoms with Crippen LogP contribution in [0, 0.1) is 0 Å². The minimum atomic E-state index is -3.71. The van der Waals surface area contributed by atoms with Crippen molar-refractivity contribution in [2.24, 2.45) is 0 Å². The minimum absolute atomic E-state index is 0.0299. The molecule has 1 aliphatic rings. The summed E-state index contributed by atoms with van der Waals surface area (Å²) in [6, 6.07) is 4.28. The van der Waals surface area contributed by atoms with Gasteiger partial charge in [-0.25, -0.2) is 13.1 Å². The van der Waals surface area contributed by atoms with E-state index in [0.717, 1.165) is 0 Å². The van der Waals surface area contributed by atoms with Crippen LogP contribution in [0.1, 0.15) is 16.8 Å². The zero-order valence-corrected chi connectivity index (χ0v) is 15.3. The van der Waals surface area contributed by atoms with Crippen molar-refractivity contribution in [2.75, 3.05) is 53.7 Å². The lowest BCUT2D eigenvalue weighted by Gasteiger charge is -2.27. The van der Waals surface area contributed by atoms with Crippen LogP contribution >= 0.6 is 0 Å². The van der Waals surface area contributed by atoms with Crippen molar-refractivity contribution >= 4 is 15.9 Å². The van der Waals surface area contributed by atoms with Crippen LogP contribution in [0.15, 0.2) is 23.1 Å². The molecule has 0 aromatic heterocycles. The zero-order valence-electron chi connectivity index (χ0n) is 14.5. The first-order valence-corrected chi connectivity index (χ1v) is 9.51. The predicted octanol–water partition coefficient (Wildman–Crippen LogP) is 0.482. The second kappa shape index (κ2) is 9.14. The third-order valence-corrected chi connectivity index (χ3v) is 5.29. The Morgan fingerprint density at radius 1 is 1.28 bits per heavy atom. The van der Waals surface area contributed by atoms with E-state index in [1.54, 1.807) is 12.0 Å². The van der Waals surface area contributed by atoms with E-state index in [1.807, 2.05) is 0 Å². The number of carbonyl (C=O) groups is 1. The molecule has 1 aromatic rings. The molecule has 1 fully saturated rings. The van der Waals surface area contributed by atoms with Gasteiger partial charge in [-0.3, -0.25) is 4.79 Å². The maximum atomic E-state index is 12.7. The number of sulfonamides is 1. The Bertz CT molecular complexity index is 686. The monoisotopic (exact) mass is 372 g/mol.